The molecule has 1 heterocycles. The van der Waals surface area contributed by atoms with Crippen molar-refractivity contribution in [3.05, 3.63) is 47.5 Å². The molecule has 3 atom stereocenters. The minimum absolute atomic E-state index is 0.0111. The Morgan fingerprint density at radius 3 is 2.34 bits per heavy atom. The van der Waals surface area contributed by atoms with Gasteiger partial charge < -0.3 is 10.2 Å². The standard InChI is InChI=1S/C28H37N3O4/c1-19-9-8-10-21(17-19)18-31(20(2)26(33)29-22-11-4-3-5-12-22)25(32)15-16-30-27(34)23-13-6-7-14-24(23)28(30)35/h6-10,17,20,22-24H,3-5,11-16,18H2,1-2H3,(H,29,33)/t20-,23-,24+/m1/s1. The normalized spacial score (nSPS) is 23.2. The molecule has 7 heteroatoms. The van der Waals surface area contributed by atoms with Crippen LogP contribution in [-0.2, 0) is 25.7 Å². The van der Waals surface area contributed by atoms with Gasteiger partial charge in [-0.1, -0.05) is 61.2 Å². The van der Waals surface area contributed by atoms with Gasteiger partial charge in [0.1, 0.15) is 6.04 Å². The van der Waals surface area contributed by atoms with Gasteiger partial charge in [-0.2, -0.15) is 0 Å². The molecule has 1 saturated heterocycles. The summed E-state index contributed by atoms with van der Waals surface area (Å²) < 4.78 is 0. The highest BCUT2D eigenvalue weighted by Gasteiger charge is 2.47. The lowest BCUT2D eigenvalue weighted by Gasteiger charge is -2.31. The highest BCUT2D eigenvalue weighted by molar-refractivity contribution is 6.05. The maximum absolute atomic E-state index is 13.4. The number of hydrogen-bond acceptors (Lipinski definition) is 4. The average Bonchev–Trinajstić information content (AvgIpc) is 3.10. The quantitative estimate of drug-likeness (QED) is 0.457. The molecule has 1 aliphatic heterocycles. The fraction of sp³-hybridized carbons (Fsp3) is 0.571. The summed E-state index contributed by atoms with van der Waals surface area (Å²) >= 11 is 0. The van der Waals surface area contributed by atoms with Crippen LogP contribution in [0, 0.1) is 18.8 Å². The minimum atomic E-state index is -0.651. The Bertz CT molecular complexity index is 972. The summed E-state index contributed by atoms with van der Waals surface area (Å²) in [5.74, 6) is -1.33. The van der Waals surface area contributed by atoms with Gasteiger partial charge in [0.2, 0.25) is 23.6 Å². The van der Waals surface area contributed by atoms with Crippen molar-refractivity contribution in [1.29, 1.82) is 0 Å². The van der Waals surface area contributed by atoms with Crippen LogP contribution in [0.15, 0.2) is 36.4 Å². The van der Waals surface area contributed by atoms with E-state index in [2.05, 4.69) is 5.32 Å². The second kappa shape index (κ2) is 11.2. The molecule has 2 fully saturated rings. The average molecular weight is 480 g/mol. The van der Waals surface area contributed by atoms with Gasteiger partial charge in [-0.3, -0.25) is 24.1 Å². The minimum Gasteiger partial charge on any atom is -0.352 e. The van der Waals surface area contributed by atoms with Gasteiger partial charge in [0.25, 0.3) is 0 Å². The van der Waals surface area contributed by atoms with E-state index in [1.165, 1.54) is 11.3 Å². The van der Waals surface area contributed by atoms with Gasteiger partial charge in [0, 0.05) is 25.6 Å². The number of amides is 4. The van der Waals surface area contributed by atoms with Crippen molar-refractivity contribution in [2.75, 3.05) is 6.54 Å². The lowest BCUT2D eigenvalue weighted by atomic mass is 9.85. The summed E-state index contributed by atoms with van der Waals surface area (Å²) in [6.45, 7) is 4.12. The van der Waals surface area contributed by atoms with E-state index in [-0.39, 0.29) is 54.5 Å². The number of likely N-dealkylation sites (tertiary alicyclic amines) is 1. The first-order valence-corrected chi connectivity index (χ1v) is 13.0. The van der Waals surface area contributed by atoms with E-state index in [9.17, 15) is 19.2 Å². The van der Waals surface area contributed by atoms with Crippen LogP contribution in [0.2, 0.25) is 0 Å². The number of imide groups is 1. The molecule has 1 saturated carbocycles. The maximum atomic E-state index is 13.4. The predicted molar refractivity (Wildman–Crippen MR) is 133 cm³/mol. The van der Waals surface area contributed by atoms with Crippen LogP contribution in [-0.4, -0.2) is 52.1 Å². The molecule has 0 bridgehead atoms. The van der Waals surface area contributed by atoms with Crippen LogP contribution in [0.25, 0.3) is 0 Å². The molecule has 4 rings (SSSR count). The Morgan fingerprint density at radius 2 is 1.71 bits per heavy atom. The molecule has 188 valence electrons. The van der Waals surface area contributed by atoms with E-state index in [0.717, 1.165) is 36.8 Å². The topological polar surface area (TPSA) is 86.8 Å². The van der Waals surface area contributed by atoms with Crippen LogP contribution in [0.4, 0.5) is 0 Å². The molecule has 1 aromatic rings. The van der Waals surface area contributed by atoms with Crippen molar-refractivity contribution in [3.63, 3.8) is 0 Å². The number of fused-ring (bicyclic) bond motifs is 1. The molecule has 4 amide bonds. The zero-order valence-electron chi connectivity index (χ0n) is 20.9. The van der Waals surface area contributed by atoms with Crippen molar-refractivity contribution in [1.82, 2.24) is 15.1 Å². The van der Waals surface area contributed by atoms with Crippen molar-refractivity contribution >= 4 is 23.6 Å². The first-order chi connectivity index (χ1) is 16.8. The number of nitrogens with one attached hydrogen (secondary N) is 1. The molecule has 0 radical (unpaired) electrons. The van der Waals surface area contributed by atoms with Gasteiger partial charge in [-0.05, 0) is 45.1 Å². The van der Waals surface area contributed by atoms with Gasteiger partial charge in [0.05, 0.1) is 11.8 Å². The molecular weight excluding hydrogens is 442 g/mol. The van der Waals surface area contributed by atoms with Crippen LogP contribution in [0.3, 0.4) is 0 Å². The number of rotatable bonds is 8. The van der Waals surface area contributed by atoms with Crippen molar-refractivity contribution < 1.29 is 19.2 Å². The van der Waals surface area contributed by atoms with E-state index >= 15 is 0 Å². The fourth-order valence-corrected chi connectivity index (χ4v) is 5.60. The zero-order valence-corrected chi connectivity index (χ0v) is 20.9. The highest BCUT2D eigenvalue weighted by atomic mass is 16.2. The highest BCUT2D eigenvalue weighted by Crippen LogP contribution is 2.35. The first-order valence-electron chi connectivity index (χ1n) is 13.0. The number of carbonyl (C=O) groups is 4. The monoisotopic (exact) mass is 479 g/mol. The smallest absolute Gasteiger partial charge is 0.242 e. The largest absolute Gasteiger partial charge is 0.352 e. The number of carbonyl (C=O) groups excluding carboxylic acids is 4. The Hall–Kier alpha value is -2.96. The third-order valence-electron chi connectivity index (χ3n) is 7.70. The molecule has 0 unspecified atom stereocenters. The molecule has 1 N–H and O–H groups in total. The Labute approximate surface area is 207 Å². The summed E-state index contributed by atoms with van der Waals surface area (Å²) in [5, 5.41) is 3.14. The molecular formula is C28H37N3O4. The number of nitrogens with zero attached hydrogens (tertiary/aromatic N) is 2. The fourth-order valence-electron chi connectivity index (χ4n) is 5.60. The van der Waals surface area contributed by atoms with Crippen molar-refractivity contribution in [2.45, 2.75) is 83.8 Å². The van der Waals surface area contributed by atoms with Crippen LogP contribution < -0.4 is 5.32 Å². The third kappa shape index (κ3) is 5.82. The summed E-state index contributed by atoms with van der Waals surface area (Å²) in [4.78, 5) is 55.0. The lowest BCUT2D eigenvalue weighted by molar-refractivity contribution is -0.144. The summed E-state index contributed by atoms with van der Waals surface area (Å²) in [7, 11) is 0. The zero-order chi connectivity index (χ0) is 24.9. The molecule has 2 aliphatic carbocycles. The molecule has 7 nitrogen and oxygen atoms in total. The van der Waals surface area contributed by atoms with Gasteiger partial charge in [-0.25, -0.2) is 0 Å². The summed E-state index contributed by atoms with van der Waals surface area (Å²) in [6, 6.07) is 7.40. The maximum Gasteiger partial charge on any atom is 0.242 e. The molecule has 0 spiro atoms. The Kier molecular flexibility index (Phi) is 8.04. The van der Waals surface area contributed by atoms with Crippen LogP contribution >= 0.6 is 0 Å². The molecule has 35 heavy (non-hydrogen) atoms. The van der Waals surface area contributed by atoms with Gasteiger partial charge in [-0.15, -0.1) is 0 Å². The number of allylic oxidation sites excluding steroid dienone is 2. The van der Waals surface area contributed by atoms with E-state index in [1.807, 2.05) is 43.3 Å². The number of hydrogen-bond donors (Lipinski definition) is 1. The Balaban J connectivity index is 1.44. The first kappa shape index (κ1) is 25.1. The second-order valence-corrected chi connectivity index (χ2v) is 10.3. The van der Waals surface area contributed by atoms with Gasteiger partial charge >= 0.3 is 0 Å². The predicted octanol–water partition coefficient (Wildman–Crippen LogP) is 3.50. The number of benzene rings is 1. The molecule has 0 aromatic heterocycles. The Morgan fingerprint density at radius 1 is 1.06 bits per heavy atom. The van der Waals surface area contributed by atoms with Crippen LogP contribution in [0.5, 0.6) is 0 Å². The third-order valence-corrected chi connectivity index (χ3v) is 7.70. The summed E-state index contributed by atoms with van der Waals surface area (Å²) in [6.07, 6.45) is 10.5. The summed E-state index contributed by atoms with van der Waals surface area (Å²) in [5.41, 5.74) is 2.03. The molecule has 3 aliphatic rings. The van der Waals surface area contributed by atoms with Crippen molar-refractivity contribution in [2.24, 2.45) is 11.8 Å². The van der Waals surface area contributed by atoms with Crippen LogP contribution in [0.1, 0.15) is 69.4 Å². The van der Waals surface area contributed by atoms with E-state index in [1.54, 1.807) is 11.8 Å². The second-order valence-electron chi connectivity index (χ2n) is 10.3. The molecule has 1 aromatic carbocycles. The van der Waals surface area contributed by atoms with E-state index in [4.69, 9.17) is 0 Å². The van der Waals surface area contributed by atoms with Crippen molar-refractivity contribution in [3.8, 4) is 0 Å². The SMILES string of the molecule is Cc1cccc(CN(C(=O)CCN2C(=O)[C@H]3CC=CC[C@H]3C2=O)[C@H](C)C(=O)NC2CCCCC2)c1. The van der Waals surface area contributed by atoms with Gasteiger partial charge in [0.15, 0.2) is 0 Å². The van der Waals surface area contributed by atoms with E-state index < -0.39 is 6.04 Å². The van der Waals surface area contributed by atoms with E-state index in [0.29, 0.717) is 19.4 Å². The lowest BCUT2D eigenvalue weighted by Crippen LogP contribution is -2.51. The number of aryl methyl sites for hydroxylation is 1.